The molecule has 0 unspecified atom stereocenters. The van der Waals surface area contributed by atoms with Gasteiger partial charge in [0.2, 0.25) is 17.8 Å². The van der Waals surface area contributed by atoms with Crippen LogP contribution >= 0.6 is 0 Å². The molecule has 1 aromatic heterocycles. The third kappa shape index (κ3) is 10.2. The van der Waals surface area contributed by atoms with Crippen LogP contribution < -0.4 is 27.0 Å². The number of carbonyl (C=O) groups excluding carboxylic acids is 1. The summed E-state index contributed by atoms with van der Waals surface area (Å²) in [6.07, 6.45) is 1.69. The highest BCUT2D eigenvalue weighted by Gasteiger charge is 2.08. The molecule has 12 nitrogen and oxygen atoms in total. The first-order valence-corrected chi connectivity index (χ1v) is 10.6. The fourth-order valence-electron chi connectivity index (χ4n) is 2.50. The van der Waals surface area contributed by atoms with Gasteiger partial charge in [-0.05, 0) is 24.3 Å². The van der Waals surface area contributed by atoms with Crippen LogP contribution in [0, 0.1) is 0 Å². The number of aliphatic hydroxyl groups excluding tert-OH is 1. The normalized spacial score (nSPS) is 10.5. The van der Waals surface area contributed by atoms with Crippen LogP contribution in [-0.4, -0.2) is 85.2 Å². The topological polar surface area (TPSA) is 169 Å². The minimum atomic E-state index is -0.198. The van der Waals surface area contributed by atoms with Gasteiger partial charge in [0.25, 0.3) is 5.91 Å². The number of hydrogen-bond donors (Lipinski definition) is 6. The number of aliphatic hydroxyl groups is 1. The smallest absolute Gasteiger partial charge is 0.251 e. The third-order valence-corrected chi connectivity index (χ3v) is 4.00. The molecule has 0 saturated heterocycles. The van der Waals surface area contributed by atoms with Gasteiger partial charge < -0.3 is 41.6 Å². The number of nitrogens with two attached hydrogens (primary N) is 1. The first-order chi connectivity index (χ1) is 16.2. The van der Waals surface area contributed by atoms with Gasteiger partial charge in [-0.3, -0.25) is 4.79 Å². The van der Waals surface area contributed by atoms with Gasteiger partial charge >= 0.3 is 0 Å². The molecule has 0 spiro atoms. The Labute approximate surface area is 193 Å². The Morgan fingerprint density at radius 3 is 2.30 bits per heavy atom. The second kappa shape index (κ2) is 15.5. The minimum Gasteiger partial charge on any atom is -0.395 e. The number of carbonyl (C=O) groups is 1. The summed E-state index contributed by atoms with van der Waals surface area (Å²) in [7, 11) is 0. The van der Waals surface area contributed by atoms with E-state index in [-0.39, 0.29) is 12.5 Å². The predicted octanol–water partition coefficient (Wildman–Crippen LogP) is 0.339. The lowest BCUT2D eigenvalue weighted by Gasteiger charge is -2.11. The van der Waals surface area contributed by atoms with E-state index in [2.05, 4.69) is 42.8 Å². The van der Waals surface area contributed by atoms with Gasteiger partial charge in [0.1, 0.15) is 0 Å². The number of rotatable bonds is 17. The highest BCUT2D eigenvalue weighted by atomic mass is 16.5. The molecular weight excluding hydrogens is 428 g/mol. The molecule has 2 rings (SSSR count). The third-order valence-electron chi connectivity index (χ3n) is 4.00. The molecule has 0 radical (unpaired) electrons. The Bertz CT molecular complexity index is 851. The summed E-state index contributed by atoms with van der Waals surface area (Å²) < 4.78 is 10.6. The number of nitrogens with one attached hydrogen (secondary N) is 4. The molecule has 33 heavy (non-hydrogen) atoms. The Hall–Kier alpha value is -3.32. The zero-order chi connectivity index (χ0) is 23.7. The molecule has 0 bridgehead atoms. The van der Waals surface area contributed by atoms with E-state index in [0.29, 0.717) is 81.7 Å². The van der Waals surface area contributed by atoms with E-state index in [1.54, 1.807) is 30.3 Å². The molecule has 0 saturated carbocycles. The van der Waals surface area contributed by atoms with Crippen LogP contribution in [0.2, 0.25) is 0 Å². The largest absolute Gasteiger partial charge is 0.395 e. The van der Waals surface area contributed by atoms with Crippen molar-refractivity contribution in [3.63, 3.8) is 0 Å². The van der Waals surface area contributed by atoms with E-state index in [0.717, 1.165) is 0 Å². The van der Waals surface area contributed by atoms with Crippen LogP contribution in [0.3, 0.4) is 0 Å². The maximum absolute atomic E-state index is 12.3. The van der Waals surface area contributed by atoms with Gasteiger partial charge in [0.15, 0.2) is 0 Å². The van der Waals surface area contributed by atoms with Crippen molar-refractivity contribution in [1.29, 1.82) is 0 Å². The van der Waals surface area contributed by atoms with Gasteiger partial charge in [0, 0.05) is 37.4 Å². The Kier molecular flexibility index (Phi) is 12.2. The van der Waals surface area contributed by atoms with Gasteiger partial charge in [0.05, 0.1) is 33.0 Å². The van der Waals surface area contributed by atoms with Gasteiger partial charge in [-0.2, -0.15) is 15.0 Å². The van der Waals surface area contributed by atoms with Crippen LogP contribution in [0.1, 0.15) is 10.4 Å². The van der Waals surface area contributed by atoms with Crippen molar-refractivity contribution in [1.82, 2.24) is 20.3 Å². The van der Waals surface area contributed by atoms with Crippen LogP contribution in [0.4, 0.5) is 23.5 Å². The first kappa shape index (κ1) is 25.9. The average Bonchev–Trinajstić information content (AvgIpc) is 2.83. The number of ether oxygens (including phenoxy) is 2. The standard InChI is InChI=1S/C21H32N8O4/c1-2-8-24-19-27-20(25-9-11-30)29-21(28-19)26-17-5-3-16(4-6-17)18(31)23-10-13-33-15-14-32-12-7-22/h2-6,30H,1,7-15,22H2,(H,23,31)(H3,24,25,26,27,28,29). The number of anilines is 4. The fraction of sp³-hybridized carbons (Fsp3) is 0.429. The molecule has 2 aromatic rings. The highest BCUT2D eigenvalue weighted by Crippen LogP contribution is 2.16. The van der Waals surface area contributed by atoms with E-state index in [1.165, 1.54) is 0 Å². The number of amides is 1. The van der Waals surface area contributed by atoms with E-state index in [1.807, 2.05) is 0 Å². The molecule has 12 heteroatoms. The van der Waals surface area contributed by atoms with E-state index in [4.69, 9.17) is 20.3 Å². The summed E-state index contributed by atoms with van der Waals surface area (Å²) in [5, 5.41) is 20.8. The molecule has 1 amide bonds. The second-order valence-electron chi connectivity index (χ2n) is 6.60. The number of hydrogen-bond acceptors (Lipinski definition) is 11. The monoisotopic (exact) mass is 460 g/mol. The molecule has 0 aliphatic rings. The van der Waals surface area contributed by atoms with Crippen molar-refractivity contribution in [2.24, 2.45) is 5.73 Å². The fourth-order valence-corrected chi connectivity index (χ4v) is 2.50. The van der Waals surface area contributed by atoms with Crippen molar-refractivity contribution in [2.45, 2.75) is 0 Å². The molecule has 1 aromatic carbocycles. The molecule has 180 valence electrons. The van der Waals surface area contributed by atoms with E-state index in [9.17, 15) is 4.79 Å². The maximum atomic E-state index is 12.3. The maximum Gasteiger partial charge on any atom is 0.251 e. The van der Waals surface area contributed by atoms with E-state index < -0.39 is 0 Å². The summed E-state index contributed by atoms with van der Waals surface area (Å²) in [5.41, 5.74) is 6.54. The van der Waals surface area contributed by atoms with Gasteiger partial charge in [-0.25, -0.2) is 0 Å². The summed E-state index contributed by atoms with van der Waals surface area (Å²) in [6, 6.07) is 6.90. The zero-order valence-electron chi connectivity index (χ0n) is 18.5. The molecule has 0 atom stereocenters. The van der Waals surface area contributed by atoms with Gasteiger partial charge in [-0.1, -0.05) is 6.08 Å². The number of benzene rings is 1. The lowest BCUT2D eigenvalue weighted by Crippen LogP contribution is -2.27. The van der Waals surface area contributed by atoms with Crippen molar-refractivity contribution in [3.05, 3.63) is 42.5 Å². The summed E-state index contributed by atoms with van der Waals surface area (Å²) >= 11 is 0. The van der Waals surface area contributed by atoms with Gasteiger partial charge in [-0.15, -0.1) is 6.58 Å². The SMILES string of the molecule is C=CCNc1nc(NCCO)nc(Nc2ccc(C(=O)NCCOCCOCCN)cc2)n1. The summed E-state index contributed by atoms with van der Waals surface area (Å²) in [5.74, 6) is 0.784. The molecule has 7 N–H and O–H groups in total. The number of aromatic nitrogens is 3. The lowest BCUT2D eigenvalue weighted by atomic mass is 10.2. The minimum absolute atomic E-state index is 0.0529. The Morgan fingerprint density at radius 2 is 1.64 bits per heavy atom. The van der Waals surface area contributed by atoms with Crippen LogP contribution in [-0.2, 0) is 9.47 Å². The lowest BCUT2D eigenvalue weighted by molar-refractivity contribution is 0.0511. The molecule has 0 fully saturated rings. The zero-order valence-corrected chi connectivity index (χ0v) is 18.5. The second-order valence-corrected chi connectivity index (χ2v) is 6.60. The molecule has 0 aliphatic heterocycles. The Morgan fingerprint density at radius 1 is 0.970 bits per heavy atom. The number of nitrogens with zero attached hydrogens (tertiary/aromatic N) is 3. The molecule has 0 aliphatic carbocycles. The van der Waals surface area contributed by atoms with E-state index >= 15 is 0 Å². The van der Waals surface area contributed by atoms with Crippen LogP contribution in [0.15, 0.2) is 36.9 Å². The average molecular weight is 461 g/mol. The summed E-state index contributed by atoms with van der Waals surface area (Å²) in [4.78, 5) is 25.1. The van der Waals surface area contributed by atoms with Crippen LogP contribution in [0.25, 0.3) is 0 Å². The highest BCUT2D eigenvalue weighted by molar-refractivity contribution is 5.94. The van der Waals surface area contributed by atoms with Crippen LogP contribution in [0.5, 0.6) is 0 Å². The first-order valence-electron chi connectivity index (χ1n) is 10.6. The van der Waals surface area contributed by atoms with Crippen molar-refractivity contribution in [3.8, 4) is 0 Å². The summed E-state index contributed by atoms with van der Waals surface area (Å²) in [6.45, 7) is 7.10. The van der Waals surface area contributed by atoms with Crippen molar-refractivity contribution < 1.29 is 19.4 Å². The molecular formula is C21H32N8O4. The van der Waals surface area contributed by atoms with Crippen molar-refractivity contribution >= 4 is 29.4 Å². The predicted molar refractivity (Wildman–Crippen MR) is 127 cm³/mol. The quantitative estimate of drug-likeness (QED) is 0.142. The Balaban J connectivity index is 1.86. The van der Waals surface area contributed by atoms with Crippen molar-refractivity contribution in [2.75, 3.05) is 75.2 Å². The molecule has 1 heterocycles.